The lowest BCUT2D eigenvalue weighted by Crippen LogP contribution is -2.26. The third-order valence-electron chi connectivity index (χ3n) is 2.74. The van der Waals surface area contributed by atoms with Gasteiger partial charge in [0.05, 0.1) is 0 Å². The lowest BCUT2D eigenvalue weighted by Gasteiger charge is -2.23. The standard InChI is InChI=1S/C10H14F4O3S.C2H6/c1-2-3-7-4-5-9(8(11)6-7)17-18(15,16)10(12,13)14;1-2/h7H,2-6H2,1H3;1-2H3. The smallest absolute Gasteiger partial charge is 0.378 e. The molecular weight excluding hydrogens is 300 g/mol. The van der Waals surface area contributed by atoms with Crippen molar-refractivity contribution in [2.24, 2.45) is 5.92 Å². The molecule has 8 heteroatoms. The van der Waals surface area contributed by atoms with Crippen LogP contribution in [0, 0.1) is 5.92 Å². The van der Waals surface area contributed by atoms with Crippen LogP contribution in [0.4, 0.5) is 17.6 Å². The minimum Gasteiger partial charge on any atom is -0.378 e. The van der Waals surface area contributed by atoms with Crippen LogP contribution in [0.15, 0.2) is 11.6 Å². The molecule has 1 unspecified atom stereocenters. The molecule has 0 aliphatic heterocycles. The van der Waals surface area contributed by atoms with E-state index in [-0.39, 0.29) is 18.8 Å². The summed E-state index contributed by atoms with van der Waals surface area (Å²) in [5, 5.41) is 0. The minimum atomic E-state index is -5.76. The summed E-state index contributed by atoms with van der Waals surface area (Å²) in [6.07, 6.45) is 1.86. The maximum absolute atomic E-state index is 13.5. The zero-order valence-electron chi connectivity index (χ0n) is 11.8. The predicted molar refractivity (Wildman–Crippen MR) is 67.8 cm³/mol. The normalized spacial score (nSPS) is 20.2. The van der Waals surface area contributed by atoms with Gasteiger partial charge in [-0.3, -0.25) is 0 Å². The highest BCUT2D eigenvalue weighted by Crippen LogP contribution is 2.36. The maximum Gasteiger partial charge on any atom is 0.534 e. The van der Waals surface area contributed by atoms with Gasteiger partial charge in [0, 0.05) is 12.8 Å². The van der Waals surface area contributed by atoms with Crippen LogP contribution in [-0.4, -0.2) is 13.9 Å². The number of alkyl halides is 3. The molecule has 20 heavy (non-hydrogen) atoms. The van der Waals surface area contributed by atoms with Gasteiger partial charge in [0.25, 0.3) is 0 Å². The molecule has 0 spiro atoms. The fourth-order valence-electron chi connectivity index (χ4n) is 1.86. The highest BCUT2D eigenvalue weighted by molar-refractivity contribution is 7.87. The summed E-state index contributed by atoms with van der Waals surface area (Å²) in [5.74, 6) is -1.57. The Bertz CT molecular complexity index is 426. The van der Waals surface area contributed by atoms with Gasteiger partial charge in [-0.2, -0.15) is 21.6 Å². The molecule has 0 bridgehead atoms. The van der Waals surface area contributed by atoms with Crippen LogP contribution in [-0.2, 0) is 14.3 Å². The van der Waals surface area contributed by atoms with Crippen molar-refractivity contribution < 1.29 is 30.2 Å². The van der Waals surface area contributed by atoms with E-state index in [0.29, 0.717) is 6.42 Å². The zero-order chi connectivity index (χ0) is 16.0. The van der Waals surface area contributed by atoms with Crippen LogP contribution in [0.1, 0.15) is 52.9 Å². The minimum absolute atomic E-state index is 0.0379. The number of halogens is 4. The summed E-state index contributed by atoms with van der Waals surface area (Å²) < 4.78 is 74.9. The van der Waals surface area contributed by atoms with E-state index in [1.807, 2.05) is 20.8 Å². The van der Waals surface area contributed by atoms with Crippen molar-refractivity contribution in [1.29, 1.82) is 0 Å². The second-order valence-corrected chi connectivity index (χ2v) is 5.75. The fourth-order valence-corrected chi connectivity index (χ4v) is 2.39. The van der Waals surface area contributed by atoms with Gasteiger partial charge >= 0.3 is 15.6 Å². The molecule has 0 radical (unpaired) electrons. The molecular formula is C12H20F4O3S. The van der Waals surface area contributed by atoms with Gasteiger partial charge in [-0.05, 0) is 12.3 Å². The van der Waals surface area contributed by atoms with Gasteiger partial charge in [-0.25, -0.2) is 4.39 Å². The third kappa shape index (κ3) is 5.30. The topological polar surface area (TPSA) is 43.4 Å². The van der Waals surface area contributed by atoms with Crippen LogP contribution in [0.3, 0.4) is 0 Å². The summed E-state index contributed by atoms with van der Waals surface area (Å²) in [5.41, 5.74) is -5.53. The SMILES string of the molecule is CC.CCCC1CCC(OS(=O)(=O)C(F)(F)F)=C(F)C1. The zero-order valence-corrected chi connectivity index (χ0v) is 12.6. The Balaban J connectivity index is 0.00000172. The number of hydrogen-bond donors (Lipinski definition) is 0. The molecule has 1 aliphatic rings. The van der Waals surface area contributed by atoms with Crippen molar-refractivity contribution in [2.45, 2.75) is 58.4 Å². The van der Waals surface area contributed by atoms with Gasteiger partial charge in [-0.1, -0.05) is 33.6 Å². The summed E-state index contributed by atoms with van der Waals surface area (Å²) in [6.45, 7) is 5.92. The Morgan fingerprint density at radius 1 is 1.30 bits per heavy atom. The molecule has 0 N–H and O–H groups in total. The van der Waals surface area contributed by atoms with Crippen LogP contribution in [0.25, 0.3) is 0 Å². The summed E-state index contributed by atoms with van der Waals surface area (Å²) in [6, 6.07) is 0. The lowest BCUT2D eigenvalue weighted by atomic mass is 9.89. The van der Waals surface area contributed by atoms with Gasteiger partial charge < -0.3 is 4.18 Å². The lowest BCUT2D eigenvalue weighted by molar-refractivity contribution is -0.0526. The average Bonchev–Trinajstić information content (AvgIpc) is 2.34. The molecule has 0 aromatic rings. The highest BCUT2D eigenvalue weighted by Gasteiger charge is 2.49. The monoisotopic (exact) mass is 320 g/mol. The molecule has 1 aliphatic carbocycles. The first-order chi connectivity index (χ1) is 9.17. The van der Waals surface area contributed by atoms with Gasteiger partial charge in [-0.15, -0.1) is 0 Å². The van der Waals surface area contributed by atoms with Crippen LogP contribution in [0.5, 0.6) is 0 Å². The Hall–Kier alpha value is -0.790. The van der Waals surface area contributed by atoms with Crippen LogP contribution in [0.2, 0.25) is 0 Å². The van der Waals surface area contributed by atoms with E-state index in [9.17, 15) is 26.0 Å². The summed E-state index contributed by atoms with van der Waals surface area (Å²) in [4.78, 5) is 0. The number of rotatable bonds is 4. The first-order valence-electron chi connectivity index (χ1n) is 6.55. The Kier molecular flexibility index (Phi) is 7.54. The first kappa shape index (κ1) is 19.2. The summed E-state index contributed by atoms with van der Waals surface area (Å²) in [7, 11) is -5.76. The number of allylic oxidation sites excluding steroid dienone is 2. The molecule has 0 aromatic heterocycles. The quantitative estimate of drug-likeness (QED) is 0.430. The van der Waals surface area contributed by atoms with E-state index < -0.39 is 27.2 Å². The Morgan fingerprint density at radius 3 is 2.25 bits per heavy atom. The second kappa shape index (κ2) is 7.85. The Labute approximate surface area is 117 Å². The van der Waals surface area contributed by atoms with Gasteiger partial charge in [0.2, 0.25) is 0 Å². The van der Waals surface area contributed by atoms with Crippen molar-refractivity contribution in [3.8, 4) is 0 Å². The van der Waals surface area contributed by atoms with Crippen molar-refractivity contribution in [1.82, 2.24) is 0 Å². The first-order valence-corrected chi connectivity index (χ1v) is 7.96. The van der Waals surface area contributed by atoms with E-state index >= 15 is 0 Å². The van der Waals surface area contributed by atoms with Crippen molar-refractivity contribution in [2.75, 3.05) is 0 Å². The molecule has 0 fully saturated rings. The molecule has 0 saturated carbocycles. The molecule has 0 heterocycles. The van der Waals surface area contributed by atoms with Gasteiger partial charge in [0.1, 0.15) is 5.83 Å². The van der Waals surface area contributed by atoms with Crippen LogP contribution >= 0.6 is 0 Å². The molecule has 3 nitrogen and oxygen atoms in total. The van der Waals surface area contributed by atoms with E-state index in [4.69, 9.17) is 0 Å². The summed E-state index contributed by atoms with van der Waals surface area (Å²) >= 11 is 0. The maximum atomic E-state index is 13.5. The van der Waals surface area contributed by atoms with E-state index in [1.165, 1.54) is 0 Å². The highest BCUT2D eigenvalue weighted by atomic mass is 32.2. The van der Waals surface area contributed by atoms with E-state index in [2.05, 4.69) is 4.18 Å². The largest absolute Gasteiger partial charge is 0.534 e. The second-order valence-electron chi connectivity index (χ2n) is 4.21. The average molecular weight is 320 g/mol. The van der Waals surface area contributed by atoms with Crippen LogP contribution < -0.4 is 0 Å². The molecule has 1 rings (SSSR count). The molecule has 0 amide bonds. The van der Waals surface area contributed by atoms with E-state index in [1.54, 1.807) is 0 Å². The Morgan fingerprint density at radius 2 is 1.85 bits per heavy atom. The fraction of sp³-hybridized carbons (Fsp3) is 0.833. The molecule has 1 atom stereocenters. The van der Waals surface area contributed by atoms with Gasteiger partial charge in [0.15, 0.2) is 5.76 Å². The molecule has 0 saturated heterocycles. The molecule has 120 valence electrons. The molecule has 0 aromatic carbocycles. The van der Waals surface area contributed by atoms with Crippen molar-refractivity contribution in [3.05, 3.63) is 11.6 Å². The third-order valence-corrected chi connectivity index (χ3v) is 3.73. The number of hydrogen-bond acceptors (Lipinski definition) is 3. The van der Waals surface area contributed by atoms with Crippen molar-refractivity contribution >= 4 is 10.1 Å². The van der Waals surface area contributed by atoms with Crippen molar-refractivity contribution in [3.63, 3.8) is 0 Å². The predicted octanol–water partition coefficient (Wildman–Crippen LogP) is 4.66. The van der Waals surface area contributed by atoms with E-state index in [0.717, 1.165) is 12.8 Å².